The van der Waals surface area contributed by atoms with Gasteiger partial charge in [-0.2, -0.15) is 0 Å². The van der Waals surface area contributed by atoms with E-state index in [0.717, 1.165) is 10.6 Å². The van der Waals surface area contributed by atoms with E-state index in [1.807, 2.05) is 24.3 Å². The van der Waals surface area contributed by atoms with Crippen molar-refractivity contribution in [2.45, 2.75) is 17.6 Å². The predicted molar refractivity (Wildman–Crippen MR) is 75.4 cm³/mol. The molecule has 2 aromatic rings. The van der Waals surface area contributed by atoms with Crippen molar-refractivity contribution < 1.29 is 9.53 Å². The fourth-order valence-electron chi connectivity index (χ4n) is 2.10. The highest BCUT2D eigenvalue weighted by atomic mass is 32.2. The number of benzene rings is 1. The molecule has 102 valence electrons. The van der Waals surface area contributed by atoms with Crippen LogP contribution in [0, 0.1) is 0 Å². The van der Waals surface area contributed by atoms with Gasteiger partial charge in [-0.25, -0.2) is 9.78 Å². The van der Waals surface area contributed by atoms with Gasteiger partial charge in [-0.15, -0.1) is 11.8 Å². The van der Waals surface area contributed by atoms with Crippen LogP contribution in [0.3, 0.4) is 0 Å². The summed E-state index contributed by atoms with van der Waals surface area (Å²) in [5.41, 5.74) is 0.362. The SMILES string of the molecule is CCOC(=O)c1cnc2n(c1=O)-c1ccccc1SC2. The van der Waals surface area contributed by atoms with Crippen molar-refractivity contribution in [1.82, 2.24) is 9.55 Å². The molecule has 0 bridgehead atoms. The average Bonchev–Trinajstić information content (AvgIpc) is 2.47. The maximum absolute atomic E-state index is 12.5. The summed E-state index contributed by atoms with van der Waals surface area (Å²) in [4.78, 5) is 29.5. The Hall–Kier alpha value is -2.08. The van der Waals surface area contributed by atoms with Gasteiger partial charge in [-0.1, -0.05) is 12.1 Å². The fraction of sp³-hybridized carbons (Fsp3) is 0.214. The van der Waals surface area contributed by atoms with Gasteiger partial charge in [0.25, 0.3) is 5.56 Å². The highest BCUT2D eigenvalue weighted by Gasteiger charge is 2.22. The quantitative estimate of drug-likeness (QED) is 0.791. The summed E-state index contributed by atoms with van der Waals surface area (Å²) in [6.07, 6.45) is 1.31. The number of hydrogen-bond donors (Lipinski definition) is 0. The zero-order chi connectivity index (χ0) is 14.1. The molecular formula is C14H12N2O3S. The van der Waals surface area contributed by atoms with Crippen molar-refractivity contribution in [2.75, 3.05) is 6.61 Å². The molecule has 3 rings (SSSR count). The number of thioether (sulfide) groups is 1. The lowest BCUT2D eigenvalue weighted by Crippen LogP contribution is -2.31. The number of carbonyl (C=O) groups excluding carboxylic acids is 1. The number of hydrogen-bond acceptors (Lipinski definition) is 5. The molecule has 0 aliphatic carbocycles. The third-order valence-electron chi connectivity index (χ3n) is 2.99. The van der Waals surface area contributed by atoms with Crippen molar-refractivity contribution in [2.24, 2.45) is 0 Å². The van der Waals surface area contributed by atoms with E-state index in [4.69, 9.17) is 4.74 Å². The molecule has 1 aliphatic rings. The van der Waals surface area contributed by atoms with Crippen LogP contribution in [-0.2, 0) is 10.5 Å². The second kappa shape index (κ2) is 5.13. The number of ether oxygens (including phenoxy) is 1. The maximum Gasteiger partial charge on any atom is 0.345 e. The third-order valence-corrected chi connectivity index (χ3v) is 4.05. The Morgan fingerprint density at radius 2 is 2.25 bits per heavy atom. The largest absolute Gasteiger partial charge is 0.462 e. The monoisotopic (exact) mass is 288 g/mol. The summed E-state index contributed by atoms with van der Waals surface area (Å²) in [7, 11) is 0. The van der Waals surface area contributed by atoms with E-state index in [9.17, 15) is 9.59 Å². The highest BCUT2D eigenvalue weighted by molar-refractivity contribution is 7.98. The molecule has 0 spiro atoms. The van der Waals surface area contributed by atoms with Crippen LogP contribution in [0.1, 0.15) is 23.1 Å². The number of nitrogens with zero attached hydrogens (tertiary/aromatic N) is 2. The third kappa shape index (κ3) is 2.02. The first kappa shape index (κ1) is 12.9. The minimum Gasteiger partial charge on any atom is -0.462 e. The number of esters is 1. The predicted octanol–water partition coefficient (Wildman–Crippen LogP) is 2.01. The second-order valence-corrected chi connectivity index (χ2v) is 5.22. The van der Waals surface area contributed by atoms with Crippen LogP contribution in [0.25, 0.3) is 5.69 Å². The molecule has 0 radical (unpaired) electrons. The Bertz CT molecular complexity index is 739. The first-order chi connectivity index (χ1) is 9.72. The molecule has 0 saturated carbocycles. The minimum atomic E-state index is -0.629. The molecule has 20 heavy (non-hydrogen) atoms. The average molecular weight is 288 g/mol. The van der Waals surface area contributed by atoms with E-state index >= 15 is 0 Å². The topological polar surface area (TPSA) is 61.2 Å². The molecule has 1 aliphatic heterocycles. The Balaban J connectivity index is 2.20. The van der Waals surface area contributed by atoms with Crippen LogP contribution < -0.4 is 5.56 Å². The van der Waals surface area contributed by atoms with E-state index in [-0.39, 0.29) is 17.7 Å². The standard InChI is InChI=1S/C14H12N2O3S/c1-2-19-14(18)9-7-15-12-8-20-11-6-4-3-5-10(11)16(12)13(9)17/h3-7H,2,8H2,1H3. The lowest BCUT2D eigenvalue weighted by atomic mass is 10.2. The molecule has 0 unspecified atom stereocenters. The summed E-state index contributed by atoms with van der Waals surface area (Å²) in [6.45, 7) is 1.93. The maximum atomic E-state index is 12.5. The summed E-state index contributed by atoms with van der Waals surface area (Å²) in [6, 6.07) is 7.58. The van der Waals surface area contributed by atoms with Crippen molar-refractivity contribution in [1.29, 1.82) is 0 Å². The normalized spacial score (nSPS) is 12.4. The van der Waals surface area contributed by atoms with E-state index < -0.39 is 5.97 Å². The van der Waals surface area contributed by atoms with Crippen LogP contribution in [0.4, 0.5) is 0 Å². The second-order valence-electron chi connectivity index (χ2n) is 4.21. The molecule has 6 heteroatoms. The summed E-state index contributed by atoms with van der Waals surface area (Å²) in [5.74, 6) is 0.623. The van der Waals surface area contributed by atoms with Gasteiger partial charge in [-0.05, 0) is 19.1 Å². The molecule has 1 aromatic carbocycles. The van der Waals surface area contributed by atoms with Crippen LogP contribution in [-0.4, -0.2) is 22.1 Å². The Kier molecular flexibility index (Phi) is 3.31. The number of fused-ring (bicyclic) bond motifs is 3. The fourth-order valence-corrected chi connectivity index (χ4v) is 3.07. The molecular weight excluding hydrogens is 276 g/mol. The van der Waals surface area contributed by atoms with Crippen LogP contribution in [0.5, 0.6) is 0 Å². The smallest absolute Gasteiger partial charge is 0.345 e. The summed E-state index contributed by atoms with van der Waals surface area (Å²) < 4.78 is 6.39. The van der Waals surface area contributed by atoms with Gasteiger partial charge in [0.15, 0.2) is 0 Å². The lowest BCUT2D eigenvalue weighted by Gasteiger charge is -2.20. The van der Waals surface area contributed by atoms with Crippen LogP contribution in [0.2, 0.25) is 0 Å². The zero-order valence-corrected chi connectivity index (χ0v) is 11.6. The van der Waals surface area contributed by atoms with Gasteiger partial charge < -0.3 is 4.74 Å². The Labute approximate surface area is 119 Å². The van der Waals surface area contributed by atoms with Crippen molar-refractivity contribution in [3.63, 3.8) is 0 Å². The van der Waals surface area contributed by atoms with E-state index in [2.05, 4.69) is 4.98 Å². The Morgan fingerprint density at radius 1 is 1.45 bits per heavy atom. The minimum absolute atomic E-state index is 0.0303. The molecule has 0 fully saturated rings. The number of rotatable bonds is 2. The highest BCUT2D eigenvalue weighted by Crippen LogP contribution is 2.32. The van der Waals surface area contributed by atoms with Gasteiger partial charge in [-0.3, -0.25) is 9.36 Å². The molecule has 0 saturated heterocycles. The summed E-state index contributed by atoms with van der Waals surface area (Å²) >= 11 is 1.63. The van der Waals surface area contributed by atoms with Crippen molar-refractivity contribution in [3.05, 3.63) is 52.2 Å². The number of carbonyl (C=O) groups is 1. The van der Waals surface area contributed by atoms with Crippen molar-refractivity contribution in [3.8, 4) is 5.69 Å². The van der Waals surface area contributed by atoms with Gasteiger partial charge in [0, 0.05) is 11.1 Å². The van der Waals surface area contributed by atoms with E-state index in [1.54, 1.807) is 18.7 Å². The Morgan fingerprint density at radius 3 is 3.05 bits per heavy atom. The van der Waals surface area contributed by atoms with Gasteiger partial charge in [0.1, 0.15) is 11.4 Å². The summed E-state index contributed by atoms with van der Waals surface area (Å²) in [5, 5.41) is 0. The number of para-hydroxylation sites is 1. The lowest BCUT2D eigenvalue weighted by molar-refractivity contribution is 0.0523. The van der Waals surface area contributed by atoms with Gasteiger partial charge in [0.2, 0.25) is 0 Å². The van der Waals surface area contributed by atoms with E-state index in [1.165, 1.54) is 10.8 Å². The first-order valence-electron chi connectivity index (χ1n) is 6.22. The molecule has 0 N–H and O–H groups in total. The molecule has 0 amide bonds. The first-order valence-corrected chi connectivity index (χ1v) is 7.21. The van der Waals surface area contributed by atoms with Crippen LogP contribution >= 0.6 is 11.8 Å². The molecule has 0 atom stereocenters. The van der Waals surface area contributed by atoms with Crippen molar-refractivity contribution >= 4 is 17.7 Å². The molecule has 1 aromatic heterocycles. The molecule has 5 nitrogen and oxygen atoms in total. The van der Waals surface area contributed by atoms with E-state index in [0.29, 0.717) is 11.6 Å². The zero-order valence-electron chi connectivity index (χ0n) is 10.8. The number of aromatic nitrogens is 2. The molecule has 2 heterocycles. The van der Waals surface area contributed by atoms with Crippen LogP contribution in [0.15, 0.2) is 40.2 Å². The van der Waals surface area contributed by atoms with Gasteiger partial charge in [0.05, 0.1) is 18.0 Å². The van der Waals surface area contributed by atoms with Gasteiger partial charge >= 0.3 is 5.97 Å².